The van der Waals surface area contributed by atoms with E-state index in [1.54, 1.807) is 31.4 Å². The summed E-state index contributed by atoms with van der Waals surface area (Å²) in [6.45, 7) is 14.3. The van der Waals surface area contributed by atoms with Crippen molar-refractivity contribution in [3.8, 4) is 0 Å². The lowest BCUT2D eigenvalue weighted by atomic mass is 10.0. The zero-order valence-corrected chi connectivity index (χ0v) is 29.1. The molecule has 11 heteroatoms. The summed E-state index contributed by atoms with van der Waals surface area (Å²) in [6, 6.07) is 11.8. The van der Waals surface area contributed by atoms with Crippen LogP contribution in [0.4, 0.5) is 0 Å². The second-order valence-corrected chi connectivity index (χ2v) is 16.3. The molecule has 4 aromatic rings. The maximum absolute atomic E-state index is 12.5. The number of rotatable bonds is 13. The van der Waals surface area contributed by atoms with Gasteiger partial charge in [-0.3, -0.25) is 14.2 Å². The number of benzene rings is 2. The number of carbonyl (C=O) groups excluding carboxylic acids is 2. The highest BCUT2D eigenvalue weighted by Gasteiger charge is 2.24. The molecule has 0 radical (unpaired) electrons. The average molecular weight is 659 g/mol. The van der Waals surface area contributed by atoms with Crippen LogP contribution in [0.15, 0.2) is 53.0 Å². The van der Waals surface area contributed by atoms with Crippen LogP contribution in [0.1, 0.15) is 71.7 Å². The summed E-state index contributed by atoms with van der Waals surface area (Å²) in [5.74, 6) is 0.197. The summed E-state index contributed by atoms with van der Waals surface area (Å²) < 4.78 is 24.0. The zero-order chi connectivity index (χ0) is 31.6. The molecule has 0 amide bonds. The monoisotopic (exact) mass is 658 g/mol. The van der Waals surface area contributed by atoms with Crippen molar-refractivity contribution >= 4 is 53.6 Å². The average Bonchev–Trinajstić information content (AvgIpc) is 3.55. The van der Waals surface area contributed by atoms with Gasteiger partial charge in [-0.05, 0) is 72.7 Å². The molecule has 0 aliphatic heterocycles. The fourth-order valence-corrected chi connectivity index (χ4v) is 9.48. The SMILES string of the molecule is CCOP(=O)(CSc1cnc(CC(=O)c2cc(C)cc(C)c2)s1)OCC.Cc1cc(C)cc(C(=O)Cc2ncc(C)s2)c1. The maximum Gasteiger partial charge on any atom is 0.340 e. The lowest BCUT2D eigenvalue weighted by molar-refractivity contribution is 0.0984. The van der Waals surface area contributed by atoms with E-state index in [1.807, 2.05) is 71.1 Å². The van der Waals surface area contributed by atoms with Gasteiger partial charge in [0.2, 0.25) is 0 Å². The minimum absolute atomic E-state index is 0.0528. The minimum atomic E-state index is -3.09. The summed E-state index contributed by atoms with van der Waals surface area (Å²) in [4.78, 5) is 34.3. The standard InChI is InChI=1S/C18H24NO4PS2.C14H15NOS/c1-5-22-24(21,23-6-2)12-25-18-11-19-17(26-18)10-16(20)15-8-13(3)7-14(4)9-15;1-9-4-10(2)6-12(5-9)13(16)7-14-15-8-11(3)17-14/h7-9,11H,5-6,10,12H2,1-4H3;4-6,8H,7H2,1-3H3. The maximum atomic E-state index is 12.5. The fraction of sp³-hybridized carbons (Fsp3) is 0.375. The Kier molecular flexibility index (Phi) is 13.5. The molecule has 43 heavy (non-hydrogen) atoms. The third-order valence-corrected chi connectivity index (χ3v) is 11.7. The van der Waals surface area contributed by atoms with Crippen LogP contribution >= 0.6 is 42.0 Å². The summed E-state index contributed by atoms with van der Waals surface area (Å²) in [5, 5.41) is 1.64. The highest BCUT2D eigenvalue weighted by Crippen LogP contribution is 2.52. The number of thioether (sulfide) groups is 1. The Bertz CT molecular complexity index is 1550. The number of hydrogen-bond acceptors (Lipinski definition) is 10. The molecule has 4 rings (SSSR count). The predicted octanol–water partition coefficient (Wildman–Crippen LogP) is 8.99. The Hall–Kier alpha value is -2.46. The van der Waals surface area contributed by atoms with Crippen molar-refractivity contribution < 1.29 is 23.2 Å². The third-order valence-electron chi connectivity index (χ3n) is 5.93. The van der Waals surface area contributed by atoms with Crippen molar-refractivity contribution in [3.05, 3.63) is 97.1 Å². The van der Waals surface area contributed by atoms with Crippen LogP contribution in [0.5, 0.6) is 0 Å². The molecule has 0 fully saturated rings. The Balaban J connectivity index is 0.000000257. The summed E-state index contributed by atoms with van der Waals surface area (Å²) in [5.41, 5.74) is 6.14. The molecule has 2 heterocycles. The van der Waals surface area contributed by atoms with E-state index in [4.69, 9.17) is 9.05 Å². The van der Waals surface area contributed by atoms with Gasteiger partial charge in [-0.1, -0.05) is 34.4 Å². The van der Waals surface area contributed by atoms with Crippen molar-refractivity contribution in [2.45, 2.75) is 65.5 Å². The van der Waals surface area contributed by atoms with E-state index < -0.39 is 7.60 Å². The Morgan fingerprint density at radius 2 is 1.16 bits per heavy atom. The molecule has 0 bridgehead atoms. The van der Waals surface area contributed by atoms with E-state index in [0.29, 0.717) is 25.2 Å². The molecular weight excluding hydrogens is 620 g/mol. The number of hydrogen-bond donors (Lipinski definition) is 0. The lowest BCUT2D eigenvalue weighted by Gasteiger charge is -2.15. The van der Waals surface area contributed by atoms with Crippen molar-refractivity contribution in [1.29, 1.82) is 0 Å². The fourth-order valence-electron chi connectivity index (χ4n) is 4.32. The minimum Gasteiger partial charge on any atom is -0.308 e. The van der Waals surface area contributed by atoms with Crippen LogP contribution in [0.2, 0.25) is 0 Å². The summed E-state index contributed by atoms with van der Waals surface area (Å²) >= 11 is 4.41. The third kappa shape index (κ3) is 11.5. The number of aromatic nitrogens is 2. The first-order valence-electron chi connectivity index (χ1n) is 14.0. The van der Waals surface area contributed by atoms with Gasteiger partial charge in [0.25, 0.3) is 0 Å². The summed E-state index contributed by atoms with van der Waals surface area (Å²) in [6.07, 6.45) is 4.19. The predicted molar refractivity (Wildman–Crippen MR) is 178 cm³/mol. The van der Waals surface area contributed by atoms with Crippen molar-refractivity contribution in [2.24, 2.45) is 0 Å². The number of ketones is 2. The van der Waals surface area contributed by atoms with E-state index in [2.05, 4.69) is 16.0 Å². The van der Waals surface area contributed by atoms with E-state index >= 15 is 0 Å². The second-order valence-electron chi connectivity index (χ2n) is 10.1. The van der Waals surface area contributed by atoms with Gasteiger partial charge in [0, 0.05) is 22.2 Å². The number of Topliss-reactive ketones (excluding diaryl/α,β-unsaturated/α-hetero) is 2. The number of thiazole rings is 2. The summed E-state index contributed by atoms with van der Waals surface area (Å²) in [7, 11) is -3.09. The van der Waals surface area contributed by atoms with Crippen LogP contribution in [0.25, 0.3) is 0 Å². The van der Waals surface area contributed by atoms with Crippen molar-refractivity contribution in [1.82, 2.24) is 9.97 Å². The van der Waals surface area contributed by atoms with Gasteiger partial charge in [-0.25, -0.2) is 9.97 Å². The van der Waals surface area contributed by atoms with Gasteiger partial charge in [0.15, 0.2) is 11.6 Å². The Morgan fingerprint density at radius 3 is 1.58 bits per heavy atom. The molecule has 0 spiro atoms. The molecule has 0 atom stereocenters. The second kappa shape index (κ2) is 16.6. The molecule has 0 aliphatic rings. The lowest BCUT2D eigenvalue weighted by Crippen LogP contribution is -2.04. The molecule has 2 aromatic carbocycles. The molecular formula is C32H39N2O5PS3. The van der Waals surface area contributed by atoms with Gasteiger partial charge in [0.05, 0.1) is 36.5 Å². The Labute approximate surface area is 267 Å². The van der Waals surface area contributed by atoms with Crippen LogP contribution in [-0.2, 0) is 26.5 Å². The molecule has 7 nitrogen and oxygen atoms in total. The van der Waals surface area contributed by atoms with E-state index in [0.717, 1.165) is 46.9 Å². The first-order valence-corrected chi connectivity index (χ1v) is 18.3. The highest BCUT2D eigenvalue weighted by molar-refractivity contribution is 8.06. The first-order chi connectivity index (χ1) is 20.4. The Morgan fingerprint density at radius 1 is 0.721 bits per heavy atom. The number of aryl methyl sites for hydroxylation is 5. The van der Waals surface area contributed by atoms with Crippen LogP contribution in [0.3, 0.4) is 0 Å². The topological polar surface area (TPSA) is 95.5 Å². The molecule has 0 saturated heterocycles. The molecule has 0 aliphatic carbocycles. The van der Waals surface area contributed by atoms with Crippen LogP contribution < -0.4 is 0 Å². The van der Waals surface area contributed by atoms with E-state index in [1.165, 1.54) is 23.1 Å². The number of carbonyl (C=O) groups is 2. The molecule has 230 valence electrons. The number of nitrogens with zero attached hydrogens (tertiary/aromatic N) is 2. The van der Waals surface area contributed by atoms with Gasteiger partial charge >= 0.3 is 7.60 Å². The first kappa shape index (κ1) is 35.0. The van der Waals surface area contributed by atoms with E-state index in [-0.39, 0.29) is 23.5 Å². The van der Waals surface area contributed by atoms with Crippen LogP contribution in [-0.4, -0.2) is 40.2 Å². The van der Waals surface area contributed by atoms with Crippen molar-refractivity contribution in [2.75, 3.05) is 18.7 Å². The quantitative estimate of drug-likeness (QED) is 0.0798. The highest BCUT2D eigenvalue weighted by atomic mass is 32.2. The van der Waals surface area contributed by atoms with Gasteiger partial charge in [0.1, 0.15) is 15.5 Å². The zero-order valence-electron chi connectivity index (χ0n) is 25.8. The smallest absolute Gasteiger partial charge is 0.308 e. The van der Waals surface area contributed by atoms with Gasteiger partial charge < -0.3 is 9.05 Å². The van der Waals surface area contributed by atoms with Crippen molar-refractivity contribution in [3.63, 3.8) is 0 Å². The van der Waals surface area contributed by atoms with Gasteiger partial charge in [-0.2, -0.15) is 0 Å². The molecule has 0 saturated carbocycles. The molecule has 2 aromatic heterocycles. The molecule has 0 unspecified atom stereocenters. The normalized spacial score (nSPS) is 11.2. The van der Waals surface area contributed by atoms with Gasteiger partial charge in [-0.15, -0.1) is 34.4 Å². The largest absolute Gasteiger partial charge is 0.340 e. The molecule has 0 N–H and O–H groups in total. The van der Waals surface area contributed by atoms with Crippen LogP contribution in [0, 0.1) is 34.6 Å². The van der Waals surface area contributed by atoms with E-state index in [9.17, 15) is 14.2 Å².